The Morgan fingerprint density at radius 3 is 2.24 bits per heavy atom. The van der Waals surface area contributed by atoms with Crippen molar-refractivity contribution in [3.63, 3.8) is 0 Å². The van der Waals surface area contributed by atoms with Crippen molar-refractivity contribution >= 4 is 6.08 Å². The van der Waals surface area contributed by atoms with Gasteiger partial charge in [0.1, 0.15) is 0 Å². The van der Waals surface area contributed by atoms with Gasteiger partial charge in [-0.2, -0.15) is 0 Å². The molecule has 17 heavy (non-hydrogen) atoms. The van der Waals surface area contributed by atoms with Crippen molar-refractivity contribution in [1.82, 2.24) is 0 Å². The number of allylic oxidation sites excluding steroid dienone is 2. The highest BCUT2D eigenvalue weighted by Crippen LogP contribution is 2.28. The smallest absolute Gasteiger partial charge is 0.0195 e. The maximum Gasteiger partial charge on any atom is -0.0195 e. The Morgan fingerprint density at radius 2 is 1.65 bits per heavy atom. The Hall–Kier alpha value is -1.34. The number of rotatable bonds is 1. The van der Waals surface area contributed by atoms with Gasteiger partial charge in [-0.05, 0) is 50.8 Å². The first-order chi connectivity index (χ1) is 8.25. The molecule has 2 rings (SSSR count). The first-order valence-corrected chi connectivity index (χ1v) is 6.29. The van der Waals surface area contributed by atoms with E-state index in [9.17, 15) is 0 Å². The zero-order valence-electron chi connectivity index (χ0n) is 11.0. The molecule has 1 heteroatoms. The van der Waals surface area contributed by atoms with Crippen molar-refractivity contribution in [2.24, 2.45) is 5.73 Å². The Balaban J connectivity index is 0.000000686. The zero-order chi connectivity index (χ0) is 12.7. The van der Waals surface area contributed by atoms with Crippen molar-refractivity contribution in [2.75, 3.05) is 7.05 Å². The monoisotopic (exact) mass is 229 g/mol. The summed E-state index contributed by atoms with van der Waals surface area (Å²) < 4.78 is 0. The molecule has 0 heterocycles. The van der Waals surface area contributed by atoms with Crippen LogP contribution in [0.3, 0.4) is 0 Å². The molecule has 0 amide bonds. The summed E-state index contributed by atoms with van der Waals surface area (Å²) in [5, 5.41) is 0. The summed E-state index contributed by atoms with van der Waals surface area (Å²) in [6.07, 6.45) is 7.30. The fraction of sp³-hybridized carbons (Fsp3) is 0.375. The minimum absolute atomic E-state index is 1.18. The van der Waals surface area contributed by atoms with E-state index in [1.54, 1.807) is 0 Å². The van der Waals surface area contributed by atoms with E-state index in [4.69, 9.17) is 0 Å². The lowest BCUT2D eigenvalue weighted by Gasteiger charge is -2.16. The Bertz CT molecular complexity index is 384. The number of benzene rings is 1. The minimum atomic E-state index is 1.18. The maximum atomic E-state index is 4.50. The lowest BCUT2D eigenvalue weighted by Crippen LogP contribution is -1.96. The van der Waals surface area contributed by atoms with E-state index in [1.165, 1.54) is 55.0 Å². The fourth-order valence-electron chi connectivity index (χ4n) is 2.03. The van der Waals surface area contributed by atoms with Crippen molar-refractivity contribution in [3.8, 4) is 0 Å². The van der Waals surface area contributed by atoms with Gasteiger partial charge >= 0.3 is 0 Å². The van der Waals surface area contributed by atoms with Gasteiger partial charge in [0, 0.05) is 0 Å². The van der Waals surface area contributed by atoms with Crippen molar-refractivity contribution in [3.05, 3.63) is 53.1 Å². The molecule has 1 aliphatic rings. The van der Waals surface area contributed by atoms with Crippen LogP contribution >= 0.6 is 0 Å². The van der Waals surface area contributed by atoms with Crippen molar-refractivity contribution in [1.29, 1.82) is 0 Å². The molecular formula is C16H23N. The van der Waals surface area contributed by atoms with Gasteiger partial charge < -0.3 is 5.73 Å². The molecule has 0 aliphatic heterocycles. The van der Waals surface area contributed by atoms with Gasteiger partial charge in [-0.25, -0.2) is 0 Å². The zero-order valence-corrected chi connectivity index (χ0v) is 11.0. The van der Waals surface area contributed by atoms with E-state index in [-0.39, 0.29) is 0 Å². The molecule has 1 aliphatic carbocycles. The van der Waals surface area contributed by atoms with Gasteiger partial charge in [-0.3, -0.25) is 0 Å². The normalized spacial score (nSPS) is 17.6. The molecule has 0 unspecified atom stereocenters. The first kappa shape index (κ1) is 13.7. The minimum Gasteiger partial charge on any atom is -0.333 e. The highest BCUT2D eigenvalue weighted by atomic mass is 14.4. The Kier molecular flexibility index (Phi) is 5.71. The van der Waals surface area contributed by atoms with Crippen LogP contribution in [0.1, 0.15) is 36.8 Å². The van der Waals surface area contributed by atoms with Crippen LogP contribution < -0.4 is 5.73 Å². The Labute approximate surface area is 105 Å². The van der Waals surface area contributed by atoms with Crippen LogP contribution in [0.25, 0.3) is 6.08 Å². The molecule has 2 N–H and O–H groups in total. The topological polar surface area (TPSA) is 26.0 Å². The third-order valence-corrected chi connectivity index (χ3v) is 3.05. The summed E-state index contributed by atoms with van der Waals surface area (Å²) in [7, 11) is 1.50. The SMILES string of the molecule is C=C1CCCC/C1=C\c1ccc(C)cc1.CN. The van der Waals surface area contributed by atoms with E-state index in [0.717, 1.165) is 0 Å². The largest absolute Gasteiger partial charge is 0.333 e. The van der Waals surface area contributed by atoms with Gasteiger partial charge in [-0.1, -0.05) is 48.1 Å². The highest BCUT2D eigenvalue weighted by Gasteiger charge is 2.08. The van der Waals surface area contributed by atoms with Crippen LogP contribution in [0.2, 0.25) is 0 Å². The van der Waals surface area contributed by atoms with E-state index >= 15 is 0 Å². The van der Waals surface area contributed by atoms with E-state index in [1.807, 2.05) is 0 Å². The molecule has 1 fully saturated rings. The molecular weight excluding hydrogens is 206 g/mol. The lowest BCUT2D eigenvalue weighted by atomic mass is 9.89. The summed E-state index contributed by atoms with van der Waals surface area (Å²) in [4.78, 5) is 0. The van der Waals surface area contributed by atoms with Gasteiger partial charge in [0.2, 0.25) is 0 Å². The van der Waals surface area contributed by atoms with Crippen molar-refractivity contribution in [2.45, 2.75) is 32.6 Å². The quantitative estimate of drug-likeness (QED) is 0.771. The Morgan fingerprint density at radius 1 is 1.06 bits per heavy atom. The molecule has 92 valence electrons. The summed E-state index contributed by atoms with van der Waals surface area (Å²) in [6.45, 7) is 6.26. The van der Waals surface area contributed by atoms with Crippen LogP contribution in [0.15, 0.2) is 42.0 Å². The maximum absolute atomic E-state index is 4.50. The summed E-state index contributed by atoms with van der Waals surface area (Å²) in [5.41, 5.74) is 9.91. The van der Waals surface area contributed by atoms with Crippen LogP contribution in [0, 0.1) is 6.92 Å². The predicted molar refractivity (Wildman–Crippen MR) is 76.9 cm³/mol. The molecule has 1 nitrogen and oxygen atoms in total. The second-order valence-electron chi connectivity index (χ2n) is 4.39. The third kappa shape index (κ3) is 4.20. The average molecular weight is 229 g/mol. The van der Waals surface area contributed by atoms with Gasteiger partial charge in [0.05, 0.1) is 0 Å². The number of hydrogen-bond acceptors (Lipinski definition) is 1. The molecule has 1 aromatic rings. The van der Waals surface area contributed by atoms with Crippen LogP contribution in [0.5, 0.6) is 0 Å². The van der Waals surface area contributed by atoms with Crippen LogP contribution in [-0.2, 0) is 0 Å². The third-order valence-electron chi connectivity index (χ3n) is 3.05. The summed E-state index contributed by atoms with van der Waals surface area (Å²) in [6, 6.07) is 8.70. The highest BCUT2D eigenvalue weighted by molar-refractivity contribution is 5.58. The number of aryl methyl sites for hydroxylation is 1. The van der Waals surface area contributed by atoms with E-state index < -0.39 is 0 Å². The molecule has 1 aromatic carbocycles. The van der Waals surface area contributed by atoms with Crippen molar-refractivity contribution < 1.29 is 0 Å². The van der Waals surface area contributed by atoms with Crippen LogP contribution in [-0.4, -0.2) is 7.05 Å². The molecule has 0 atom stereocenters. The summed E-state index contributed by atoms with van der Waals surface area (Å²) in [5.74, 6) is 0. The molecule has 0 radical (unpaired) electrons. The standard InChI is InChI=1S/C15H18.CH5N/c1-12-7-9-14(10-8-12)11-15-6-4-3-5-13(15)2;1-2/h7-11H,2-6H2,1H3;2H2,1H3/b15-11+;. The summed E-state index contributed by atoms with van der Waals surface area (Å²) >= 11 is 0. The number of nitrogens with two attached hydrogens (primary N) is 1. The molecule has 0 saturated heterocycles. The predicted octanol–water partition coefficient (Wildman–Crippen LogP) is 4.08. The second kappa shape index (κ2) is 7.08. The molecule has 0 bridgehead atoms. The lowest BCUT2D eigenvalue weighted by molar-refractivity contribution is 0.684. The van der Waals surface area contributed by atoms with Gasteiger partial charge in [-0.15, -0.1) is 0 Å². The van der Waals surface area contributed by atoms with Gasteiger partial charge in [0.25, 0.3) is 0 Å². The molecule has 1 saturated carbocycles. The second-order valence-corrected chi connectivity index (χ2v) is 4.39. The molecule has 0 aromatic heterocycles. The average Bonchev–Trinajstić information content (AvgIpc) is 2.37. The van der Waals surface area contributed by atoms with Gasteiger partial charge in [0.15, 0.2) is 0 Å². The molecule has 0 spiro atoms. The number of hydrogen-bond donors (Lipinski definition) is 1. The van der Waals surface area contributed by atoms with E-state index in [0.29, 0.717) is 0 Å². The first-order valence-electron chi connectivity index (χ1n) is 6.29. The fourth-order valence-corrected chi connectivity index (χ4v) is 2.03. The van der Waals surface area contributed by atoms with E-state index in [2.05, 4.69) is 49.6 Å². The van der Waals surface area contributed by atoms with Crippen LogP contribution in [0.4, 0.5) is 0 Å².